The van der Waals surface area contributed by atoms with Gasteiger partial charge in [0.15, 0.2) is 5.75 Å². The van der Waals surface area contributed by atoms with Crippen LogP contribution < -0.4 is 15.0 Å². The van der Waals surface area contributed by atoms with Crippen LogP contribution in [0.4, 0.5) is 10.1 Å². The highest BCUT2D eigenvalue weighted by molar-refractivity contribution is 5.89. The third-order valence-corrected chi connectivity index (χ3v) is 3.73. The largest absolute Gasteiger partial charge is 0.423 e. The molecular weight excluding hydrogens is 311 g/mol. The highest BCUT2D eigenvalue weighted by Gasteiger charge is 2.24. The smallest absolute Gasteiger partial charge is 0.331 e. The summed E-state index contributed by atoms with van der Waals surface area (Å²) in [5.74, 6) is -0.374. The summed E-state index contributed by atoms with van der Waals surface area (Å²) in [6, 6.07) is 13.3. The number of rotatable bonds is 5. The van der Waals surface area contributed by atoms with E-state index >= 15 is 0 Å². The Morgan fingerprint density at radius 2 is 1.92 bits per heavy atom. The molecule has 24 heavy (non-hydrogen) atoms. The number of nitrogens with zero attached hydrogens (tertiary/aromatic N) is 1. The van der Waals surface area contributed by atoms with Gasteiger partial charge in [-0.15, -0.1) is 0 Å². The minimum absolute atomic E-state index is 0.0440. The van der Waals surface area contributed by atoms with Gasteiger partial charge in [-0.2, -0.15) is 0 Å². The number of hydrogen-bond donors (Lipinski definition) is 1. The molecular formula is C18H17FN2O3. The molecule has 0 saturated heterocycles. The molecule has 0 aliphatic carbocycles. The van der Waals surface area contributed by atoms with Crippen LogP contribution in [0.1, 0.15) is 5.56 Å². The maximum absolute atomic E-state index is 12.8. The average Bonchev–Trinajstić information content (AvgIpc) is 2.56. The molecule has 1 amide bonds. The van der Waals surface area contributed by atoms with E-state index in [1.54, 1.807) is 29.2 Å². The van der Waals surface area contributed by atoms with Crippen LogP contribution >= 0.6 is 0 Å². The van der Waals surface area contributed by atoms with E-state index in [1.165, 1.54) is 12.1 Å². The van der Waals surface area contributed by atoms with Gasteiger partial charge in [-0.25, -0.2) is 9.18 Å². The zero-order chi connectivity index (χ0) is 16.9. The van der Waals surface area contributed by atoms with Crippen molar-refractivity contribution in [2.24, 2.45) is 0 Å². The van der Waals surface area contributed by atoms with Gasteiger partial charge in [-0.05, 0) is 36.2 Å². The Labute approximate surface area is 139 Å². The minimum atomic E-state index is -0.382. The number of anilines is 1. The van der Waals surface area contributed by atoms with Gasteiger partial charge >= 0.3 is 5.97 Å². The van der Waals surface area contributed by atoms with E-state index in [1.807, 2.05) is 12.1 Å². The van der Waals surface area contributed by atoms with E-state index in [-0.39, 0.29) is 30.8 Å². The van der Waals surface area contributed by atoms with Crippen LogP contribution in [-0.2, 0) is 16.0 Å². The van der Waals surface area contributed by atoms with Crippen molar-refractivity contribution in [2.75, 3.05) is 24.5 Å². The summed E-state index contributed by atoms with van der Waals surface area (Å²) in [4.78, 5) is 25.4. The molecule has 0 unspecified atom stereocenters. The molecule has 2 aromatic rings. The van der Waals surface area contributed by atoms with E-state index < -0.39 is 0 Å². The van der Waals surface area contributed by atoms with Gasteiger partial charge in [0, 0.05) is 6.54 Å². The molecule has 3 rings (SSSR count). The molecule has 0 saturated carbocycles. The Morgan fingerprint density at radius 1 is 1.17 bits per heavy atom. The molecule has 124 valence electrons. The molecule has 0 bridgehead atoms. The number of fused-ring (bicyclic) bond motifs is 1. The van der Waals surface area contributed by atoms with Crippen LogP contribution in [0.15, 0.2) is 48.5 Å². The second-order valence-electron chi connectivity index (χ2n) is 5.52. The van der Waals surface area contributed by atoms with Gasteiger partial charge in [0.1, 0.15) is 12.4 Å². The number of benzene rings is 2. The number of hydrogen-bond acceptors (Lipinski definition) is 4. The zero-order valence-corrected chi connectivity index (χ0v) is 13.0. The molecule has 0 radical (unpaired) electrons. The molecule has 1 heterocycles. The van der Waals surface area contributed by atoms with E-state index in [0.29, 0.717) is 18.7 Å². The first-order chi connectivity index (χ1) is 11.6. The number of halogens is 1. The third kappa shape index (κ3) is 3.90. The van der Waals surface area contributed by atoms with Crippen LogP contribution in [0.25, 0.3) is 0 Å². The fourth-order valence-corrected chi connectivity index (χ4v) is 2.57. The predicted octanol–water partition coefficient (Wildman–Crippen LogP) is 1.91. The number of para-hydroxylation sites is 2. The summed E-state index contributed by atoms with van der Waals surface area (Å²) >= 11 is 0. The first-order valence-corrected chi connectivity index (χ1v) is 7.67. The van der Waals surface area contributed by atoms with Crippen molar-refractivity contribution in [1.82, 2.24) is 5.32 Å². The fourth-order valence-electron chi connectivity index (χ4n) is 2.57. The summed E-state index contributed by atoms with van der Waals surface area (Å²) in [6.07, 6.45) is 0.616. The second kappa shape index (κ2) is 7.12. The van der Waals surface area contributed by atoms with Gasteiger partial charge < -0.3 is 15.0 Å². The Balaban J connectivity index is 1.53. The molecule has 0 atom stereocenters. The van der Waals surface area contributed by atoms with Gasteiger partial charge in [-0.1, -0.05) is 24.3 Å². The standard InChI is InChI=1S/C18H17FN2O3/c19-14-7-5-13(6-8-14)9-10-20-17(22)11-21-12-18(23)24-16-4-2-1-3-15(16)21/h1-8H,9-12H2,(H,20,22). The lowest BCUT2D eigenvalue weighted by atomic mass is 10.1. The van der Waals surface area contributed by atoms with E-state index in [9.17, 15) is 14.0 Å². The Morgan fingerprint density at radius 3 is 2.71 bits per heavy atom. The lowest BCUT2D eigenvalue weighted by molar-refractivity contribution is -0.133. The first kappa shape index (κ1) is 16.0. The second-order valence-corrected chi connectivity index (χ2v) is 5.52. The van der Waals surface area contributed by atoms with Gasteiger partial charge in [0.05, 0.1) is 12.2 Å². The molecule has 1 aliphatic heterocycles. The normalized spacial score (nSPS) is 13.2. The fraction of sp³-hybridized carbons (Fsp3) is 0.222. The van der Waals surface area contributed by atoms with Crippen LogP contribution in [0, 0.1) is 5.82 Å². The summed E-state index contributed by atoms with van der Waals surface area (Å²) in [6.45, 7) is 0.572. The van der Waals surface area contributed by atoms with Crippen molar-refractivity contribution in [2.45, 2.75) is 6.42 Å². The average molecular weight is 328 g/mol. The monoisotopic (exact) mass is 328 g/mol. The molecule has 6 heteroatoms. The molecule has 0 spiro atoms. The Bertz CT molecular complexity index is 746. The van der Waals surface area contributed by atoms with Crippen molar-refractivity contribution >= 4 is 17.6 Å². The summed E-state index contributed by atoms with van der Waals surface area (Å²) in [5.41, 5.74) is 1.68. The molecule has 1 N–H and O–H groups in total. The van der Waals surface area contributed by atoms with Crippen molar-refractivity contribution in [3.63, 3.8) is 0 Å². The highest BCUT2D eigenvalue weighted by Crippen LogP contribution is 2.30. The lowest BCUT2D eigenvalue weighted by Crippen LogP contribution is -2.43. The van der Waals surface area contributed by atoms with Crippen LogP contribution in [-0.4, -0.2) is 31.5 Å². The molecule has 0 fully saturated rings. The maximum Gasteiger partial charge on any atom is 0.331 e. The minimum Gasteiger partial charge on any atom is -0.423 e. The number of ether oxygens (including phenoxy) is 1. The van der Waals surface area contributed by atoms with Crippen molar-refractivity contribution in [1.29, 1.82) is 0 Å². The van der Waals surface area contributed by atoms with Crippen LogP contribution in [0.2, 0.25) is 0 Å². The third-order valence-electron chi connectivity index (χ3n) is 3.73. The van der Waals surface area contributed by atoms with Gasteiger partial charge in [0.25, 0.3) is 0 Å². The Hall–Kier alpha value is -2.89. The van der Waals surface area contributed by atoms with E-state index in [2.05, 4.69) is 5.32 Å². The summed E-state index contributed by atoms with van der Waals surface area (Å²) in [5, 5.41) is 2.81. The van der Waals surface area contributed by atoms with Crippen LogP contribution in [0.5, 0.6) is 5.75 Å². The van der Waals surface area contributed by atoms with E-state index in [0.717, 1.165) is 11.3 Å². The van der Waals surface area contributed by atoms with E-state index in [4.69, 9.17) is 4.74 Å². The number of amides is 1. The number of esters is 1. The first-order valence-electron chi connectivity index (χ1n) is 7.67. The van der Waals surface area contributed by atoms with Crippen LogP contribution in [0.3, 0.4) is 0 Å². The molecule has 2 aromatic carbocycles. The molecule has 0 aromatic heterocycles. The lowest BCUT2D eigenvalue weighted by Gasteiger charge is -2.29. The maximum atomic E-state index is 12.8. The highest BCUT2D eigenvalue weighted by atomic mass is 19.1. The molecule has 1 aliphatic rings. The SMILES string of the molecule is O=C(CN1CC(=O)Oc2ccccc21)NCCc1ccc(F)cc1. The number of carbonyl (C=O) groups excluding carboxylic acids is 2. The van der Waals surface area contributed by atoms with Gasteiger partial charge in [0.2, 0.25) is 5.91 Å². The predicted molar refractivity (Wildman–Crippen MR) is 87.4 cm³/mol. The molecule has 5 nitrogen and oxygen atoms in total. The topological polar surface area (TPSA) is 58.6 Å². The van der Waals surface area contributed by atoms with Crippen molar-refractivity contribution in [3.05, 3.63) is 59.9 Å². The number of nitrogens with one attached hydrogen (secondary N) is 1. The van der Waals surface area contributed by atoms with Crippen molar-refractivity contribution < 1.29 is 18.7 Å². The van der Waals surface area contributed by atoms with Crippen molar-refractivity contribution in [3.8, 4) is 5.75 Å². The quantitative estimate of drug-likeness (QED) is 0.673. The zero-order valence-electron chi connectivity index (χ0n) is 13.0. The summed E-state index contributed by atoms with van der Waals surface area (Å²) in [7, 11) is 0. The van der Waals surface area contributed by atoms with Gasteiger partial charge in [-0.3, -0.25) is 4.79 Å². The summed E-state index contributed by atoms with van der Waals surface area (Å²) < 4.78 is 18.0. The Kier molecular flexibility index (Phi) is 4.74. The number of carbonyl (C=O) groups is 2.